The summed E-state index contributed by atoms with van der Waals surface area (Å²) < 4.78 is 42.9. The molecule has 0 radical (unpaired) electrons. The highest BCUT2D eigenvalue weighted by Gasteiger charge is 2.39. The van der Waals surface area contributed by atoms with Crippen LogP contribution in [0.5, 0.6) is 0 Å². The van der Waals surface area contributed by atoms with Crippen LogP contribution in [0.4, 0.5) is 13.2 Å². The van der Waals surface area contributed by atoms with Crippen LogP contribution < -0.4 is 5.32 Å². The Hall–Kier alpha value is -1.09. The molecule has 0 bridgehead atoms. The van der Waals surface area contributed by atoms with Gasteiger partial charge in [0.1, 0.15) is 0 Å². The molecule has 0 aliphatic heterocycles. The lowest BCUT2D eigenvalue weighted by Crippen LogP contribution is -2.27. The molecule has 1 rings (SSSR count). The zero-order chi connectivity index (χ0) is 13.9. The molecule has 1 aromatic rings. The number of ether oxygens (including phenoxy) is 1. The highest BCUT2D eigenvalue weighted by Crippen LogP contribution is 2.36. The lowest BCUT2D eigenvalue weighted by atomic mass is 10.3. The number of hydrogen-bond acceptors (Lipinski definition) is 3. The van der Waals surface area contributed by atoms with Gasteiger partial charge in [-0.05, 0) is 15.9 Å². The van der Waals surface area contributed by atoms with Crippen LogP contribution in [0.2, 0.25) is 0 Å². The maximum Gasteiger partial charge on any atom is 0.434 e. The molecule has 0 unspecified atom stereocenters. The number of rotatable bonds is 4. The van der Waals surface area contributed by atoms with Gasteiger partial charge in [-0.2, -0.15) is 18.3 Å². The first kappa shape index (κ1) is 15.0. The Morgan fingerprint density at radius 2 is 2.17 bits per heavy atom. The number of halogens is 4. The van der Waals surface area contributed by atoms with Gasteiger partial charge in [-0.25, -0.2) is 0 Å². The molecular formula is C9H11BrF3N3O2. The number of nitrogens with zero attached hydrogens (tertiary/aromatic N) is 2. The lowest BCUT2D eigenvalue weighted by Gasteiger charge is -2.06. The molecule has 0 aliphatic carbocycles. The van der Waals surface area contributed by atoms with E-state index in [0.717, 1.165) is 7.05 Å². The first-order valence-electron chi connectivity index (χ1n) is 4.85. The summed E-state index contributed by atoms with van der Waals surface area (Å²) in [5.41, 5.74) is -1.31. The van der Waals surface area contributed by atoms with Gasteiger partial charge in [-0.15, -0.1) is 0 Å². The molecule has 0 aromatic carbocycles. The van der Waals surface area contributed by atoms with Crippen molar-refractivity contribution < 1.29 is 22.7 Å². The third kappa shape index (κ3) is 3.22. The number of carbonyl (C=O) groups is 1. The fraction of sp³-hybridized carbons (Fsp3) is 0.556. The number of aromatic nitrogens is 2. The summed E-state index contributed by atoms with van der Waals surface area (Å²) in [5.74, 6) is -0.690. The first-order chi connectivity index (χ1) is 8.29. The highest BCUT2D eigenvalue weighted by atomic mass is 79.9. The largest absolute Gasteiger partial charge is 0.434 e. The minimum Gasteiger partial charge on any atom is -0.383 e. The van der Waals surface area contributed by atoms with Crippen molar-refractivity contribution in [2.45, 2.75) is 6.18 Å². The number of aryl methyl sites for hydroxylation is 1. The van der Waals surface area contributed by atoms with Gasteiger partial charge in [0.05, 0.1) is 11.1 Å². The summed E-state index contributed by atoms with van der Waals surface area (Å²) in [6, 6.07) is 0. The molecule has 0 aliphatic rings. The van der Waals surface area contributed by atoms with Crippen molar-refractivity contribution in [2.75, 3.05) is 20.3 Å². The van der Waals surface area contributed by atoms with Crippen molar-refractivity contribution in [3.8, 4) is 0 Å². The number of carbonyl (C=O) groups excluding carboxylic acids is 1. The fourth-order valence-corrected chi connectivity index (χ4v) is 2.04. The van der Waals surface area contributed by atoms with Gasteiger partial charge in [0.2, 0.25) is 0 Å². The van der Waals surface area contributed by atoms with Gasteiger partial charge >= 0.3 is 6.18 Å². The Bertz CT molecular complexity index is 445. The minimum absolute atomic E-state index is 0.194. The first-order valence-corrected chi connectivity index (χ1v) is 5.65. The second kappa shape index (κ2) is 5.70. The number of amides is 1. The van der Waals surface area contributed by atoms with Crippen molar-refractivity contribution in [3.63, 3.8) is 0 Å². The van der Waals surface area contributed by atoms with Crippen LogP contribution in [0.15, 0.2) is 4.47 Å². The zero-order valence-electron chi connectivity index (χ0n) is 9.64. The number of methoxy groups -OCH3 is 1. The Kier molecular flexibility index (Phi) is 4.74. The van der Waals surface area contributed by atoms with Gasteiger partial charge in [0.25, 0.3) is 5.91 Å². The molecule has 1 amide bonds. The van der Waals surface area contributed by atoms with E-state index in [0.29, 0.717) is 4.68 Å². The number of hydrogen-bond donors (Lipinski definition) is 1. The average molecular weight is 330 g/mol. The molecule has 18 heavy (non-hydrogen) atoms. The number of nitrogens with one attached hydrogen (secondary N) is 1. The van der Waals surface area contributed by atoms with Crippen LogP contribution in [0.25, 0.3) is 0 Å². The van der Waals surface area contributed by atoms with Crippen molar-refractivity contribution in [3.05, 3.63) is 15.9 Å². The minimum atomic E-state index is -4.58. The molecule has 1 N–H and O–H groups in total. The molecule has 1 aromatic heterocycles. The predicted molar refractivity (Wildman–Crippen MR) is 60.1 cm³/mol. The lowest BCUT2D eigenvalue weighted by molar-refractivity contribution is -0.144. The normalized spacial score (nSPS) is 11.7. The smallest absolute Gasteiger partial charge is 0.383 e. The van der Waals surface area contributed by atoms with Gasteiger partial charge in [0, 0.05) is 20.7 Å². The molecule has 0 saturated heterocycles. The van der Waals surface area contributed by atoms with Gasteiger partial charge < -0.3 is 10.1 Å². The maximum absolute atomic E-state index is 12.7. The Balaban J connectivity index is 2.95. The Morgan fingerprint density at radius 1 is 1.56 bits per heavy atom. The van der Waals surface area contributed by atoms with Crippen LogP contribution in [0.3, 0.4) is 0 Å². The van der Waals surface area contributed by atoms with Gasteiger partial charge in [-0.3, -0.25) is 9.48 Å². The van der Waals surface area contributed by atoms with E-state index in [4.69, 9.17) is 4.74 Å². The molecule has 0 fully saturated rings. The summed E-state index contributed by atoms with van der Waals surface area (Å²) >= 11 is 2.75. The maximum atomic E-state index is 12.7. The van der Waals surface area contributed by atoms with Gasteiger partial charge in [0.15, 0.2) is 11.4 Å². The van der Waals surface area contributed by atoms with E-state index >= 15 is 0 Å². The molecule has 1 heterocycles. The summed E-state index contributed by atoms with van der Waals surface area (Å²) in [6.45, 7) is 0.460. The van der Waals surface area contributed by atoms with E-state index in [1.807, 2.05) is 0 Å². The molecule has 0 saturated carbocycles. The van der Waals surface area contributed by atoms with E-state index in [2.05, 4.69) is 26.3 Å². The van der Waals surface area contributed by atoms with Crippen molar-refractivity contribution in [1.82, 2.24) is 15.1 Å². The van der Waals surface area contributed by atoms with E-state index in [9.17, 15) is 18.0 Å². The Morgan fingerprint density at radius 3 is 2.61 bits per heavy atom. The van der Waals surface area contributed by atoms with Crippen LogP contribution in [0.1, 0.15) is 16.2 Å². The summed E-state index contributed by atoms with van der Waals surface area (Å²) in [7, 11) is 2.57. The van der Waals surface area contributed by atoms with Crippen LogP contribution in [-0.4, -0.2) is 35.9 Å². The topological polar surface area (TPSA) is 56.1 Å². The average Bonchev–Trinajstić information content (AvgIpc) is 2.53. The summed E-state index contributed by atoms with van der Waals surface area (Å²) in [5, 5.41) is 5.95. The molecule has 0 spiro atoms. The van der Waals surface area contributed by atoms with E-state index in [1.165, 1.54) is 7.11 Å². The van der Waals surface area contributed by atoms with E-state index in [1.54, 1.807) is 0 Å². The zero-order valence-corrected chi connectivity index (χ0v) is 11.2. The highest BCUT2D eigenvalue weighted by molar-refractivity contribution is 9.10. The molecular weight excluding hydrogens is 319 g/mol. The second-order valence-corrected chi connectivity index (χ2v) is 4.17. The van der Waals surface area contributed by atoms with E-state index < -0.39 is 17.8 Å². The standard InChI is InChI=1S/C9H11BrF3N3O2/c1-16-7(9(11,12)13)5(10)6(15-16)8(17)14-3-4-18-2/h3-4H2,1-2H3,(H,14,17). The molecule has 0 atom stereocenters. The summed E-state index contributed by atoms with van der Waals surface area (Å²) in [4.78, 5) is 11.6. The van der Waals surface area contributed by atoms with Crippen molar-refractivity contribution >= 4 is 21.8 Å². The third-order valence-corrected chi connectivity index (χ3v) is 2.82. The van der Waals surface area contributed by atoms with Crippen molar-refractivity contribution in [1.29, 1.82) is 0 Å². The summed E-state index contributed by atoms with van der Waals surface area (Å²) in [6.07, 6.45) is -4.58. The van der Waals surface area contributed by atoms with E-state index in [-0.39, 0.29) is 23.3 Å². The molecule has 102 valence electrons. The number of alkyl halides is 3. The van der Waals surface area contributed by atoms with Crippen LogP contribution in [0, 0.1) is 0 Å². The molecule has 5 nitrogen and oxygen atoms in total. The van der Waals surface area contributed by atoms with Crippen molar-refractivity contribution in [2.24, 2.45) is 7.05 Å². The van der Waals surface area contributed by atoms with Gasteiger partial charge in [-0.1, -0.05) is 0 Å². The Labute approximate surface area is 109 Å². The molecule has 9 heteroatoms. The SMILES string of the molecule is COCCNC(=O)c1nn(C)c(C(F)(F)F)c1Br. The third-order valence-electron chi connectivity index (χ3n) is 2.06. The monoisotopic (exact) mass is 329 g/mol. The predicted octanol–water partition coefficient (Wildman–Crippen LogP) is 1.58. The van der Waals surface area contributed by atoms with Crippen LogP contribution >= 0.6 is 15.9 Å². The second-order valence-electron chi connectivity index (χ2n) is 3.38. The quantitative estimate of drug-likeness (QED) is 0.853. The fourth-order valence-electron chi connectivity index (χ4n) is 1.30. The van der Waals surface area contributed by atoms with Crippen LogP contribution in [-0.2, 0) is 18.0 Å².